The molecule has 2 heterocycles. The Balaban J connectivity index is 1.90. The topological polar surface area (TPSA) is 133 Å². The number of aromatic amines is 1. The summed E-state index contributed by atoms with van der Waals surface area (Å²) in [6, 6.07) is 4.56. The lowest BCUT2D eigenvalue weighted by Crippen LogP contribution is -2.01. The molecular formula is C17H17N7O4S2. The maximum absolute atomic E-state index is 11.5. The molecule has 3 aromatic rings. The minimum Gasteiger partial charge on any atom is -0.493 e. The van der Waals surface area contributed by atoms with Gasteiger partial charge in [0.2, 0.25) is 4.77 Å². The van der Waals surface area contributed by atoms with Crippen molar-refractivity contribution in [3.8, 4) is 11.5 Å². The predicted molar refractivity (Wildman–Crippen MR) is 113 cm³/mol. The molecule has 0 unspecified atom stereocenters. The first-order chi connectivity index (χ1) is 14.4. The maximum atomic E-state index is 11.5. The lowest BCUT2D eigenvalue weighted by Gasteiger charge is -2.08. The monoisotopic (exact) mass is 447 g/mol. The highest BCUT2D eigenvalue weighted by Crippen LogP contribution is 2.33. The number of aryl methyl sites for hydroxylation is 1. The van der Waals surface area contributed by atoms with Crippen LogP contribution in [-0.2, 0) is 5.75 Å². The number of nitro benzene ring substituents is 1. The number of H-pyrrole nitrogens is 1. The Bertz CT molecular complexity index is 1160. The summed E-state index contributed by atoms with van der Waals surface area (Å²) in [6.45, 7) is 1.88. The van der Waals surface area contributed by atoms with Crippen molar-refractivity contribution in [2.24, 2.45) is 5.10 Å². The number of rotatable bonds is 8. The van der Waals surface area contributed by atoms with Crippen LogP contribution in [0.25, 0.3) is 0 Å². The van der Waals surface area contributed by atoms with Gasteiger partial charge in [0.15, 0.2) is 22.5 Å². The average molecular weight is 448 g/mol. The van der Waals surface area contributed by atoms with E-state index in [1.54, 1.807) is 12.3 Å². The second-order valence-electron chi connectivity index (χ2n) is 5.79. The summed E-state index contributed by atoms with van der Waals surface area (Å²) in [4.78, 5) is 19.4. The van der Waals surface area contributed by atoms with Crippen molar-refractivity contribution in [3.63, 3.8) is 0 Å². The third-order valence-corrected chi connectivity index (χ3v) is 4.98. The van der Waals surface area contributed by atoms with Crippen molar-refractivity contribution in [1.82, 2.24) is 24.8 Å². The highest BCUT2D eigenvalue weighted by Gasteiger charge is 2.18. The highest BCUT2D eigenvalue weighted by molar-refractivity contribution is 7.98. The highest BCUT2D eigenvalue weighted by atomic mass is 32.2. The Morgan fingerprint density at radius 1 is 1.37 bits per heavy atom. The van der Waals surface area contributed by atoms with E-state index in [1.165, 1.54) is 49.0 Å². The zero-order valence-electron chi connectivity index (χ0n) is 16.2. The normalized spacial score (nSPS) is 11.0. The van der Waals surface area contributed by atoms with Gasteiger partial charge < -0.3 is 9.47 Å². The number of nitro groups is 1. The Morgan fingerprint density at radius 2 is 2.10 bits per heavy atom. The van der Waals surface area contributed by atoms with E-state index in [4.69, 9.17) is 21.7 Å². The van der Waals surface area contributed by atoms with Crippen molar-refractivity contribution < 1.29 is 14.4 Å². The van der Waals surface area contributed by atoms with E-state index >= 15 is 0 Å². The molecule has 11 nitrogen and oxygen atoms in total. The standard InChI is InChI=1S/C17H17N7O4S2/c1-10-4-5-18-16(20-10)30-9-15-21-22-17(29)23(15)19-8-11-6-13(27-2)14(28-3)7-12(11)24(25)26/h4-8H,9H2,1-3H3,(H,22,29)/b19-8+. The van der Waals surface area contributed by atoms with Crippen LogP contribution in [0.1, 0.15) is 17.1 Å². The molecule has 2 aromatic heterocycles. The number of nitrogens with one attached hydrogen (secondary N) is 1. The van der Waals surface area contributed by atoms with Gasteiger partial charge >= 0.3 is 0 Å². The Labute approximate surface area is 180 Å². The van der Waals surface area contributed by atoms with Crippen molar-refractivity contribution in [2.45, 2.75) is 17.8 Å². The molecular weight excluding hydrogens is 430 g/mol. The zero-order chi connectivity index (χ0) is 21.7. The number of hydrogen-bond donors (Lipinski definition) is 1. The van der Waals surface area contributed by atoms with E-state index < -0.39 is 4.92 Å². The van der Waals surface area contributed by atoms with Crippen LogP contribution in [0.2, 0.25) is 0 Å². The fourth-order valence-electron chi connectivity index (χ4n) is 2.43. The molecule has 3 rings (SSSR count). The number of thioether (sulfide) groups is 1. The minimum atomic E-state index is -0.524. The number of methoxy groups -OCH3 is 2. The van der Waals surface area contributed by atoms with E-state index in [0.717, 1.165) is 5.69 Å². The largest absolute Gasteiger partial charge is 0.493 e. The first-order valence-electron chi connectivity index (χ1n) is 8.46. The minimum absolute atomic E-state index is 0.185. The van der Waals surface area contributed by atoms with Crippen molar-refractivity contribution in [1.29, 1.82) is 0 Å². The maximum Gasteiger partial charge on any atom is 0.282 e. The molecule has 0 fully saturated rings. The second kappa shape index (κ2) is 9.45. The number of ether oxygens (including phenoxy) is 2. The average Bonchev–Trinajstić information content (AvgIpc) is 3.09. The van der Waals surface area contributed by atoms with Crippen LogP contribution < -0.4 is 9.47 Å². The predicted octanol–water partition coefficient (Wildman–Crippen LogP) is 3.14. The molecule has 13 heteroatoms. The van der Waals surface area contributed by atoms with Gasteiger partial charge in [-0.3, -0.25) is 15.2 Å². The van der Waals surface area contributed by atoms with Crippen LogP contribution in [0.4, 0.5) is 5.69 Å². The van der Waals surface area contributed by atoms with Crippen LogP contribution >= 0.6 is 24.0 Å². The molecule has 1 N–H and O–H groups in total. The Kier molecular flexibility index (Phi) is 6.74. The number of nitrogens with zero attached hydrogens (tertiary/aromatic N) is 6. The number of hydrogen-bond acceptors (Lipinski definition) is 10. The van der Waals surface area contributed by atoms with Gasteiger partial charge in [0.05, 0.1) is 42.7 Å². The molecule has 0 aliphatic rings. The van der Waals surface area contributed by atoms with E-state index in [0.29, 0.717) is 22.5 Å². The molecule has 0 bridgehead atoms. The summed E-state index contributed by atoms with van der Waals surface area (Å²) >= 11 is 6.59. The Morgan fingerprint density at radius 3 is 2.77 bits per heavy atom. The van der Waals surface area contributed by atoms with Crippen molar-refractivity contribution in [2.75, 3.05) is 14.2 Å². The molecule has 0 atom stereocenters. The molecule has 30 heavy (non-hydrogen) atoms. The van der Waals surface area contributed by atoms with E-state index in [2.05, 4.69) is 25.3 Å². The fourth-order valence-corrected chi connectivity index (χ4v) is 3.41. The first kappa shape index (κ1) is 21.4. The smallest absolute Gasteiger partial charge is 0.282 e. The quantitative estimate of drug-likeness (QED) is 0.138. The van der Waals surface area contributed by atoms with Gasteiger partial charge in [0.1, 0.15) is 0 Å². The first-order valence-corrected chi connectivity index (χ1v) is 9.85. The molecule has 0 spiro atoms. The number of aromatic nitrogens is 5. The molecule has 0 amide bonds. The Hall–Kier alpha value is -3.32. The fraction of sp³-hybridized carbons (Fsp3) is 0.235. The van der Waals surface area contributed by atoms with Crippen molar-refractivity contribution >= 4 is 35.9 Å². The molecule has 156 valence electrons. The van der Waals surface area contributed by atoms with Crippen LogP contribution in [0.5, 0.6) is 11.5 Å². The van der Waals surface area contributed by atoms with Gasteiger partial charge in [-0.1, -0.05) is 11.8 Å². The van der Waals surface area contributed by atoms with Gasteiger partial charge in [0.25, 0.3) is 5.69 Å². The summed E-state index contributed by atoms with van der Waals surface area (Å²) in [5.74, 6) is 1.49. The van der Waals surface area contributed by atoms with E-state index in [9.17, 15) is 10.1 Å². The van der Waals surface area contributed by atoms with E-state index in [-0.39, 0.29) is 21.8 Å². The SMILES string of the molecule is COc1cc(/C=N/n2c(CSc3nccc(C)n3)n[nH]c2=S)c([N+](=O)[O-])cc1OC. The van der Waals surface area contributed by atoms with Crippen LogP contribution in [0.15, 0.2) is 34.7 Å². The summed E-state index contributed by atoms with van der Waals surface area (Å²) in [7, 11) is 2.85. The molecule has 1 aromatic carbocycles. The second-order valence-corrected chi connectivity index (χ2v) is 7.12. The summed E-state index contributed by atoms with van der Waals surface area (Å²) in [5.41, 5.74) is 0.891. The van der Waals surface area contributed by atoms with E-state index in [1.807, 2.05) is 6.92 Å². The lowest BCUT2D eigenvalue weighted by molar-refractivity contribution is -0.385. The number of benzene rings is 1. The molecule has 0 radical (unpaired) electrons. The van der Waals surface area contributed by atoms with Gasteiger partial charge in [-0.05, 0) is 31.3 Å². The van der Waals surface area contributed by atoms with Gasteiger partial charge in [-0.25, -0.2) is 9.97 Å². The van der Waals surface area contributed by atoms with Crippen LogP contribution in [0, 0.1) is 21.8 Å². The molecule has 0 saturated carbocycles. The third kappa shape index (κ3) is 4.80. The zero-order valence-corrected chi connectivity index (χ0v) is 17.9. The molecule has 0 aliphatic heterocycles. The van der Waals surface area contributed by atoms with Gasteiger partial charge in [-0.2, -0.15) is 14.9 Å². The molecule has 0 saturated heterocycles. The molecule has 0 aliphatic carbocycles. The van der Waals surface area contributed by atoms with Gasteiger partial charge in [0, 0.05) is 11.9 Å². The third-order valence-electron chi connectivity index (χ3n) is 3.86. The van der Waals surface area contributed by atoms with Crippen LogP contribution in [-0.4, -0.2) is 50.2 Å². The van der Waals surface area contributed by atoms with Gasteiger partial charge in [-0.15, -0.1) is 0 Å². The summed E-state index contributed by atoms with van der Waals surface area (Å²) in [5, 5.41) is 23.2. The summed E-state index contributed by atoms with van der Waals surface area (Å²) in [6.07, 6.45) is 3.00. The van der Waals surface area contributed by atoms with Crippen molar-refractivity contribution in [3.05, 3.63) is 56.4 Å². The summed E-state index contributed by atoms with van der Waals surface area (Å²) < 4.78 is 12.0. The lowest BCUT2D eigenvalue weighted by atomic mass is 10.1. The van der Waals surface area contributed by atoms with Crippen LogP contribution in [0.3, 0.4) is 0 Å².